The van der Waals surface area contributed by atoms with Crippen LogP contribution in [-0.4, -0.2) is 40.5 Å². The van der Waals surface area contributed by atoms with E-state index in [1.54, 1.807) is 0 Å². The van der Waals surface area contributed by atoms with Crippen LogP contribution in [0.15, 0.2) is 0 Å². The molecule has 1 saturated heterocycles. The Morgan fingerprint density at radius 3 is 2.50 bits per heavy atom. The zero-order chi connectivity index (χ0) is 11.7. The number of carbonyl (C=O) groups excluding carboxylic acids is 1. The number of aliphatic carboxylic acids is 1. The smallest absolute Gasteiger partial charge is 0.326 e. The molecule has 2 rings (SSSR count). The van der Waals surface area contributed by atoms with Crippen LogP contribution in [0.5, 0.6) is 0 Å². The van der Waals surface area contributed by atoms with Gasteiger partial charge in [-0.3, -0.25) is 4.79 Å². The number of amides is 1. The second-order valence-electron chi connectivity index (χ2n) is 4.73. The van der Waals surface area contributed by atoms with Crippen molar-refractivity contribution in [1.82, 2.24) is 4.90 Å². The van der Waals surface area contributed by atoms with Gasteiger partial charge in [0.1, 0.15) is 6.04 Å². The maximum absolute atomic E-state index is 12.2. The molecule has 3 N–H and O–H groups in total. The van der Waals surface area contributed by atoms with Crippen molar-refractivity contribution in [3.8, 4) is 0 Å². The maximum Gasteiger partial charge on any atom is 0.326 e. The Hall–Kier alpha value is -1.10. The molecule has 5 heteroatoms. The molecule has 0 spiro atoms. The first-order valence-corrected chi connectivity index (χ1v) is 5.90. The fourth-order valence-corrected chi connectivity index (χ4v) is 2.80. The molecule has 1 saturated carbocycles. The molecule has 0 aromatic carbocycles. The minimum atomic E-state index is -0.891. The highest BCUT2D eigenvalue weighted by atomic mass is 16.4. The van der Waals surface area contributed by atoms with Crippen molar-refractivity contribution in [3.05, 3.63) is 0 Å². The van der Waals surface area contributed by atoms with Crippen molar-refractivity contribution in [2.45, 2.75) is 44.2 Å². The Balaban J connectivity index is 2.06. The van der Waals surface area contributed by atoms with Gasteiger partial charge in [-0.2, -0.15) is 0 Å². The number of hydrogen-bond donors (Lipinski definition) is 2. The first kappa shape index (κ1) is 11.4. The summed E-state index contributed by atoms with van der Waals surface area (Å²) in [6, 6.07) is -0.706. The number of nitrogens with zero attached hydrogens (tertiary/aromatic N) is 1. The third-order valence-electron chi connectivity index (χ3n) is 3.71. The third kappa shape index (κ3) is 1.91. The summed E-state index contributed by atoms with van der Waals surface area (Å²) in [6.45, 7) is 0.568. The lowest BCUT2D eigenvalue weighted by Gasteiger charge is -2.26. The van der Waals surface area contributed by atoms with Gasteiger partial charge in [-0.25, -0.2) is 4.79 Å². The van der Waals surface area contributed by atoms with Gasteiger partial charge in [0, 0.05) is 12.6 Å². The van der Waals surface area contributed by atoms with Crippen molar-refractivity contribution in [2.24, 2.45) is 11.7 Å². The van der Waals surface area contributed by atoms with E-state index in [0.717, 1.165) is 25.7 Å². The van der Waals surface area contributed by atoms with E-state index in [4.69, 9.17) is 10.8 Å². The highest BCUT2D eigenvalue weighted by Crippen LogP contribution is 2.29. The van der Waals surface area contributed by atoms with Crippen LogP contribution in [0.25, 0.3) is 0 Å². The van der Waals surface area contributed by atoms with Crippen LogP contribution in [0, 0.1) is 5.92 Å². The largest absolute Gasteiger partial charge is 0.480 e. The molecule has 16 heavy (non-hydrogen) atoms. The van der Waals surface area contributed by atoms with Gasteiger partial charge in [0.2, 0.25) is 5.91 Å². The van der Waals surface area contributed by atoms with Crippen LogP contribution < -0.4 is 5.73 Å². The SMILES string of the molecule is NC1CCCC1C(=O)N1CCCC1C(=O)O. The lowest BCUT2D eigenvalue weighted by atomic mass is 10.0. The number of likely N-dealkylation sites (tertiary alicyclic amines) is 1. The number of rotatable bonds is 2. The fraction of sp³-hybridized carbons (Fsp3) is 0.818. The van der Waals surface area contributed by atoms with Crippen molar-refractivity contribution < 1.29 is 14.7 Å². The highest BCUT2D eigenvalue weighted by Gasteiger charge is 2.40. The molecule has 0 radical (unpaired) electrons. The minimum Gasteiger partial charge on any atom is -0.480 e. The molecule has 2 fully saturated rings. The highest BCUT2D eigenvalue weighted by molar-refractivity contribution is 5.86. The van der Waals surface area contributed by atoms with Gasteiger partial charge in [-0.05, 0) is 25.7 Å². The van der Waals surface area contributed by atoms with Crippen LogP contribution in [0.2, 0.25) is 0 Å². The standard InChI is InChI=1S/C11H18N2O3/c12-8-4-1-3-7(8)10(14)13-6-2-5-9(13)11(15)16/h7-9H,1-6,12H2,(H,15,16). The summed E-state index contributed by atoms with van der Waals surface area (Å²) in [5.74, 6) is -1.09. The van der Waals surface area contributed by atoms with E-state index >= 15 is 0 Å². The maximum atomic E-state index is 12.2. The van der Waals surface area contributed by atoms with Crippen LogP contribution in [-0.2, 0) is 9.59 Å². The zero-order valence-electron chi connectivity index (χ0n) is 9.26. The van der Waals surface area contributed by atoms with E-state index in [0.29, 0.717) is 13.0 Å². The first-order valence-electron chi connectivity index (χ1n) is 5.90. The summed E-state index contributed by atoms with van der Waals surface area (Å²) in [5.41, 5.74) is 5.87. The lowest BCUT2D eigenvalue weighted by molar-refractivity contribution is -0.150. The minimum absolute atomic E-state index is 0.0464. The van der Waals surface area contributed by atoms with Gasteiger partial charge in [0.15, 0.2) is 0 Å². The molecular formula is C11H18N2O3. The average Bonchev–Trinajstić information content (AvgIpc) is 2.84. The van der Waals surface area contributed by atoms with Gasteiger partial charge in [-0.15, -0.1) is 0 Å². The Morgan fingerprint density at radius 2 is 1.94 bits per heavy atom. The van der Waals surface area contributed by atoms with Crippen molar-refractivity contribution in [2.75, 3.05) is 6.54 Å². The molecule has 1 aliphatic carbocycles. The number of carbonyl (C=O) groups is 2. The first-order chi connectivity index (χ1) is 7.61. The predicted molar refractivity (Wildman–Crippen MR) is 57.7 cm³/mol. The monoisotopic (exact) mass is 226 g/mol. The molecule has 0 aromatic heterocycles. The van der Waals surface area contributed by atoms with E-state index in [9.17, 15) is 9.59 Å². The third-order valence-corrected chi connectivity index (χ3v) is 3.71. The van der Waals surface area contributed by atoms with E-state index in [2.05, 4.69) is 0 Å². The molecule has 0 bridgehead atoms. The summed E-state index contributed by atoms with van der Waals surface area (Å²) < 4.78 is 0. The second kappa shape index (κ2) is 4.41. The van der Waals surface area contributed by atoms with E-state index in [1.807, 2.05) is 0 Å². The number of carboxylic acid groups (broad SMARTS) is 1. The van der Waals surface area contributed by atoms with E-state index in [1.165, 1.54) is 4.90 Å². The molecule has 3 atom stereocenters. The van der Waals surface area contributed by atoms with Gasteiger partial charge in [0.25, 0.3) is 0 Å². The second-order valence-corrected chi connectivity index (χ2v) is 4.73. The molecule has 0 aromatic rings. The molecule has 1 heterocycles. The molecular weight excluding hydrogens is 208 g/mol. The van der Waals surface area contributed by atoms with Crippen molar-refractivity contribution in [3.63, 3.8) is 0 Å². The van der Waals surface area contributed by atoms with Gasteiger partial charge in [-0.1, -0.05) is 6.42 Å². The average molecular weight is 226 g/mol. The number of carboxylic acids is 1. The van der Waals surface area contributed by atoms with Crippen molar-refractivity contribution in [1.29, 1.82) is 0 Å². The topological polar surface area (TPSA) is 83.6 Å². The van der Waals surface area contributed by atoms with Crippen LogP contribution >= 0.6 is 0 Å². The molecule has 1 amide bonds. The molecule has 1 aliphatic heterocycles. The lowest BCUT2D eigenvalue weighted by Crippen LogP contribution is -2.46. The summed E-state index contributed by atoms with van der Waals surface area (Å²) in [4.78, 5) is 24.7. The van der Waals surface area contributed by atoms with E-state index < -0.39 is 12.0 Å². The molecule has 90 valence electrons. The normalized spacial score (nSPS) is 34.3. The van der Waals surface area contributed by atoms with Crippen LogP contribution in [0.3, 0.4) is 0 Å². The molecule has 3 unspecified atom stereocenters. The van der Waals surface area contributed by atoms with Gasteiger partial charge >= 0.3 is 5.97 Å². The fourth-order valence-electron chi connectivity index (χ4n) is 2.80. The summed E-state index contributed by atoms with van der Waals surface area (Å²) in [5, 5.41) is 9.02. The van der Waals surface area contributed by atoms with Gasteiger partial charge in [0.05, 0.1) is 5.92 Å². The zero-order valence-corrected chi connectivity index (χ0v) is 9.26. The molecule has 5 nitrogen and oxygen atoms in total. The summed E-state index contributed by atoms with van der Waals surface area (Å²) in [7, 11) is 0. The van der Waals surface area contributed by atoms with Crippen LogP contribution in [0.4, 0.5) is 0 Å². The molecule has 2 aliphatic rings. The Kier molecular flexibility index (Phi) is 3.14. The summed E-state index contributed by atoms with van der Waals surface area (Å²) in [6.07, 6.45) is 4.02. The predicted octanol–water partition coefficient (Wildman–Crippen LogP) is 0.189. The van der Waals surface area contributed by atoms with Crippen LogP contribution in [0.1, 0.15) is 32.1 Å². The quantitative estimate of drug-likeness (QED) is 0.704. The summed E-state index contributed by atoms with van der Waals surface area (Å²) >= 11 is 0. The Labute approximate surface area is 94.6 Å². The van der Waals surface area contributed by atoms with Gasteiger partial charge < -0.3 is 15.7 Å². The Morgan fingerprint density at radius 1 is 1.19 bits per heavy atom. The number of hydrogen-bond acceptors (Lipinski definition) is 3. The Bertz CT molecular complexity index is 306. The van der Waals surface area contributed by atoms with E-state index in [-0.39, 0.29) is 17.9 Å². The number of nitrogens with two attached hydrogens (primary N) is 1. The van der Waals surface area contributed by atoms with Crippen molar-refractivity contribution >= 4 is 11.9 Å².